The molecule has 206 valence electrons. The number of hydrogen-bond donors (Lipinski definition) is 1. The van der Waals surface area contributed by atoms with Gasteiger partial charge in [0.05, 0.1) is 34.7 Å². The quantitative estimate of drug-likeness (QED) is 0.208. The van der Waals surface area contributed by atoms with E-state index < -0.39 is 15.7 Å². The second-order valence-electron chi connectivity index (χ2n) is 10.6. The molecule has 0 amide bonds. The number of nitrogens with zero attached hydrogens (tertiary/aromatic N) is 5. The van der Waals surface area contributed by atoms with Crippen LogP contribution in [-0.4, -0.2) is 34.9 Å². The summed E-state index contributed by atoms with van der Waals surface area (Å²) in [5.74, 6) is 1.56. The van der Waals surface area contributed by atoms with Crippen molar-refractivity contribution in [2.75, 3.05) is 5.32 Å². The van der Waals surface area contributed by atoms with Gasteiger partial charge < -0.3 is 9.73 Å². The van der Waals surface area contributed by atoms with E-state index in [0.717, 1.165) is 38.6 Å². The molecule has 0 fully saturated rings. The van der Waals surface area contributed by atoms with Crippen molar-refractivity contribution in [1.82, 2.24) is 19.7 Å². The number of benzene rings is 3. The maximum atomic E-state index is 13.6. The molecule has 0 aliphatic heterocycles. The fourth-order valence-corrected chi connectivity index (χ4v) is 4.90. The minimum atomic E-state index is -1.37. The molecule has 0 aliphatic carbocycles. The Kier molecular flexibility index (Phi) is 6.92. The van der Waals surface area contributed by atoms with E-state index in [1.165, 1.54) is 24.7 Å². The number of hydrogen-bond acceptors (Lipinski definition) is 6. The smallest absolute Gasteiger partial charge is 0.146 e. The normalized spacial score (nSPS) is 12.9. The van der Waals surface area contributed by atoms with E-state index in [1.54, 1.807) is 18.3 Å². The van der Waals surface area contributed by atoms with E-state index in [4.69, 9.17) is 4.42 Å². The Morgan fingerprint density at radius 1 is 1.05 bits per heavy atom. The topological polar surface area (TPSA) is 98.2 Å². The predicted molar refractivity (Wildman–Crippen MR) is 161 cm³/mol. The van der Waals surface area contributed by atoms with E-state index in [2.05, 4.69) is 24.8 Å². The molecule has 10 heteroatoms. The number of rotatable bonds is 7. The van der Waals surface area contributed by atoms with Gasteiger partial charge in [-0.3, -0.25) is 4.68 Å². The first-order valence-corrected chi connectivity index (χ1v) is 14.1. The highest BCUT2D eigenvalue weighted by Crippen LogP contribution is 2.30. The van der Waals surface area contributed by atoms with Crippen LogP contribution in [0.25, 0.3) is 33.1 Å². The van der Waals surface area contributed by atoms with Crippen LogP contribution in [0.1, 0.15) is 32.1 Å². The van der Waals surface area contributed by atoms with Crippen LogP contribution in [0.5, 0.6) is 0 Å². The molecule has 0 unspecified atom stereocenters. The molecule has 41 heavy (non-hydrogen) atoms. The fraction of sp³-hybridized carbons (Fsp3) is 0.161. The number of furan rings is 1. The van der Waals surface area contributed by atoms with Gasteiger partial charge in [0.15, 0.2) is 0 Å². The summed E-state index contributed by atoms with van der Waals surface area (Å²) in [5.41, 5.74) is 4.26. The zero-order valence-electron chi connectivity index (χ0n) is 22.7. The highest BCUT2D eigenvalue weighted by molar-refractivity contribution is 7.85. The molecular formula is C31H27FN6O2S. The Hall–Kier alpha value is -4.70. The Balaban J connectivity index is 1.25. The van der Waals surface area contributed by atoms with Gasteiger partial charge in [-0.1, -0.05) is 12.1 Å². The lowest BCUT2D eigenvalue weighted by Gasteiger charge is -2.12. The number of halogens is 1. The summed E-state index contributed by atoms with van der Waals surface area (Å²) < 4.78 is 37.4. The average molecular weight is 567 g/mol. The van der Waals surface area contributed by atoms with E-state index in [1.807, 2.05) is 74.0 Å². The second kappa shape index (κ2) is 10.7. The Morgan fingerprint density at radius 3 is 2.76 bits per heavy atom. The fourth-order valence-electron chi connectivity index (χ4n) is 4.38. The summed E-state index contributed by atoms with van der Waals surface area (Å²) in [5, 5.41) is 9.69. The zero-order valence-corrected chi connectivity index (χ0v) is 23.5. The highest BCUT2D eigenvalue weighted by atomic mass is 32.2. The Morgan fingerprint density at radius 2 is 1.93 bits per heavy atom. The molecular weight excluding hydrogens is 539 g/mol. The zero-order chi connectivity index (χ0) is 28.6. The van der Waals surface area contributed by atoms with Crippen LogP contribution in [0.2, 0.25) is 0 Å². The Bertz CT molecular complexity index is 1940. The summed E-state index contributed by atoms with van der Waals surface area (Å²) in [6, 6.07) is 22.0. The van der Waals surface area contributed by atoms with Gasteiger partial charge in [0.25, 0.3) is 0 Å². The van der Waals surface area contributed by atoms with Crippen LogP contribution in [0.15, 0.2) is 94.1 Å². The van der Waals surface area contributed by atoms with Gasteiger partial charge in [0.1, 0.15) is 40.5 Å². The summed E-state index contributed by atoms with van der Waals surface area (Å²) >= 11 is 0. The third-order valence-corrected chi connectivity index (χ3v) is 7.82. The second-order valence-corrected chi connectivity index (χ2v) is 12.5. The molecule has 1 atom stereocenters. The number of anilines is 2. The van der Waals surface area contributed by atoms with Crippen molar-refractivity contribution in [3.63, 3.8) is 0 Å². The van der Waals surface area contributed by atoms with E-state index in [9.17, 15) is 8.60 Å². The minimum Gasteiger partial charge on any atom is -0.455 e. The maximum Gasteiger partial charge on any atom is 0.146 e. The maximum absolute atomic E-state index is 13.6. The van der Waals surface area contributed by atoms with E-state index >= 15 is 0 Å². The van der Waals surface area contributed by atoms with Gasteiger partial charge in [-0.15, -0.1) is 0 Å². The lowest BCUT2D eigenvalue weighted by Crippen LogP contribution is -2.19. The van der Waals surface area contributed by atoms with E-state index in [-0.39, 0.29) is 5.82 Å². The predicted octanol–water partition coefficient (Wildman–Crippen LogP) is 7.05. The number of aromatic nitrogens is 4. The molecule has 6 aromatic rings. The average Bonchev–Trinajstić information content (AvgIpc) is 3.58. The van der Waals surface area contributed by atoms with Gasteiger partial charge >= 0.3 is 0 Å². The van der Waals surface area contributed by atoms with Gasteiger partial charge in [-0.2, -0.15) is 9.50 Å². The van der Waals surface area contributed by atoms with Gasteiger partial charge in [0.2, 0.25) is 0 Å². The highest BCUT2D eigenvalue weighted by Gasteiger charge is 2.18. The first kappa shape index (κ1) is 26.5. The molecule has 6 rings (SSSR count). The molecule has 8 nitrogen and oxygen atoms in total. The third kappa shape index (κ3) is 5.78. The Labute approximate surface area is 238 Å². The van der Waals surface area contributed by atoms with Crippen LogP contribution < -0.4 is 5.32 Å². The van der Waals surface area contributed by atoms with Crippen molar-refractivity contribution >= 4 is 50.5 Å². The molecule has 0 radical (unpaired) electrons. The van der Waals surface area contributed by atoms with Gasteiger partial charge in [0, 0.05) is 22.0 Å². The van der Waals surface area contributed by atoms with Crippen LogP contribution in [-0.2, 0) is 17.5 Å². The lowest BCUT2D eigenvalue weighted by atomic mass is 10.1. The van der Waals surface area contributed by atoms with Crippen LogP contribution >= 0.6 is 0 Å². The molecule has 1 N–H and O–H groups in total. The van der Waals surface area contributed by atoms with Crippen LogP contribution in [0.3, 0.4) is 0 Å². The van der Waals surface area contributed by atoms with Crippen LogP contribution in [0, 0.1) is 5.82 Å². The SMILES string of the molecule is CC(C)(C)[S@@](=O)N=Cc1ccc(-c2ccc3ncnc(Nc4ccc5c(cnn5Cc5cccc(F)c5)c4)c3c2)o1. The molecule has 3 aromatic carbocycles. The molecule has 0 aliphatic rings. The molecule has 0 bridgehead atoms. The van der Waals surface area contributed by atoms with Crippen LogP contribution in [0.4, 0.5) is 15.9 Å². The van der Waals surface area contributed by atoms with Gasteiger partial charge in [-0.25, -0.2) is 18.6 Å². The lowest BCUT2D eigenvalue weighted by molar-refractivity contribution is 0.575. The number of fused-ring (bicyclic) bond motifs is 2. The third-order valence-electron chi connectivity index (χ3n) is 6.47. The van der Waals surface area contributed by atoms with Crippen molar-refractivity contribution in [2.24, 2.45) is 4.40 Å². The monoisotopic (exact) mass is 566 g/mol. The minimum absolute atomic E-state index is 0.263. The van der Waals surface area contributed by atoms with Crippen molar-refractivity contribution in [3.05, 3.63) is 102 Å². The summed E-state index contributed by atoms with van der Waals surface area (Å²) in [7, 11) is -1.37. The summed E-state index contributed by atoms with van der Waals surface area (Å²) in [6.07, 6.45) is 4.82. The molecule has 0 saturated carbocycles. The van der Waals surface area contributed by atoms with Crippen molar-refractivity contribution in [2.45, 2.75) is 32.1 Å². The summed E-state index contributed by atoms with van der Waals surface area (Å²) in [6.45, 7) is 6.09. The number of nitrogens with one attached hydrogen (secondary N) is 1. The first-order valence-electron chi connectivity index (χ1n) is 13.0. The first-order chi connectivity index (χ1) is 19.7. The molecule has 3 heterocycles. The van der Waals surface area contributed by atoms with Crippen molar-refractivity contribution < 1.29 is 13.0 Å². The van der Waals surface area contributed by atoms with Gasteiger partial charge in [-0.05, 0) is 87.0 Å². The largest absolute Gasteiger partial charge is 0.455 e. The summed E-state index contributed by atoms with van der Waals surface area (Å²) in [4.78, 5) is 8.92. The molecule has 0 spiro atoms. The molecule has 0 saturated heterocycles. The van der Waals surface area contributed by atoms with E-state index in [0.29, 0.717) is 23.9 Å². The standard InChI is InChI=1S/C31H27FN6O2S/c1-31(2,3)41(39)36-17-25-9-12-29(40-25)21-7-10-27-26(15-21)30(34-19-33-27)37-24-8-11-28-22(14-24)16-35-38(28)18-20-5-4-6-23(32)13-20/h4-17,19H,18H2,1-3H3,(H,33,34,37)/t41-/m1/s1. The molecule has 3 aromatic heterocycles. The van der Waals surface area contributed by atoms with Crippen molar-refractivity contribution in [1.29, 1.82) is 0 Å². The van der Waals surface area contributed by atoms with Crippen molar-refractivity contribution in [3.8, 4) is 11.3 Å².